The van der Waals surface area contributed by atoms with Crippen LogP contribution in [0.5, 0.6) is 0 Å². The number of aromatic nitrogens is 2. The molecule has 1 saturated heterocycles. The second-order valence-electron chi connectivity index (χ2n) is 6.60. The van der Waals surface area contributed by atoms with Crippen LogP contribution < -0.4 is 0 Å². The first-order valence-electron chi connectivity index (χ1n) is 9.24. The Morgan fingerprint density at radius 1 is 1.30 bits per heavy atom. The van der Waals surface area contributed by atoms with E-state index in [1.165, 1.54) is 0 Å². The fourth-order valence-corrected chi connectivity index (χ4v) is 3.36. The van der Waals surface area contributed by atoms with Crippen molar-refractivity contribution in [3.8, 4) is 0 Å². The Morgan fingerprint density at radius 3 is 2.85 bits per heavy atom. The van der Waals surface area contributed by atoms with E-state index in [1.54, 1.807) is 11.6 Å². The number of carbonyl (C=O) groups is 1. The molecule has 0 N–H and O–H groups in total. The third kappa shape index (κ3) is 5.09. The highest BCUT2D eigenvalue weighted by atomic mass is 35.5. The van der Waals surface area contributed by atoms with Crippen LogP contribution in [0.15, 0.2) is 24.3 Å². The Hall–Kier alpha value is -1.89. The zero-order chi connectivity index (χ0) is 19.2. The summed E-state index contributed by atoms with van der Waals surface area (Å²) >= 11 is 6.23. The second-order valence-corrected chi connectivity index (χ2v) is 7.00. The zero-order valence-electron chi connectivity index (χ0n) is 15.7. The van der Waals surface area contributed by atoms with Crippen molar-refractivity contribution in [3.05, 3.63) is 51.8 Å². The molecule has 3 rings (SSSR count). The normalized spacial score (nSPS) is 17.1. The summed E-state index contributed by atoms with van der Waals surface area (Å²) in [4.78, 5) is 12.5. The van der Waals surface area contributed by atoms with Crippen molar-refractivity contribution in [1.82, 2.24) is 9.78 Å². The lowest BCUT2D eigenvalue weighted by Crippen LogP contribution is -2.24. The zero-order valence-corrected chi connectivity index (χ0v) is 16.5. The quantitative estimate of drug-likeness (QED) is 0.528. The number of hydrogen-bond acceptors (Lipinski definition) is 5. The molecule has 1 aliphatic heterocycles. The predicted molar refractivity (Wildman–Crippen MR) is 102 cm³/mol. The van der Waals surface area contributed by atoms with E-state index in [1.807, 2.05) is 31.2 Å². The molecule has 0 saturated carbocycles. The van der Waals surface area contributed by atoms with Gasteiger partial charge in [0.15, 0.2) is 6.29 Å². The summed E-state index contributed by atoms with van der Waals surface area (Å²) in [6.45, 7) is 5.41. The Labute approximate surface area is 164 Å². The van der Waals surface area contributed by atoms with Gasteiger partial charge in [0.05, 0.1) is 24.5 Å². The summed E-state index contributed by atoms with van der Waals surface area (Å²) in [5, 5.41) is 5.15. The maximum absolute atomic E-state index is 12.5. The first kappa shape index (κ1) is 19.9. The molecule has 1 aromatic carbocycles. The lowest BCUT2D eigenvalue weighted by atomic mass is 10.2. The third-order valence-electron chi connectivity index (χ3n) is 4.62. The molecule has 7 heteroatoms. The fraction of sp³-hybridized carbons (Fsp3) is 0.500. The number of benzene rings is 1. The van der Waals surface area contributed by atoms with Gasteiger partial charge >= 0.3 is 5.97 Å². The lowest BCUT2D eigenvalue weighted by molar-refractivity contribution is -0.166. The number of aryl methyl sites for hydroxylation is 1. The van der Waals surface area contributed by atoms with Crippen molar-refractivity contribution in [2.75, 3.05) is 19.8 Å². The monoisotopic (exact) mass is 392 g/mol. The van der Waals surface area contributed by atoms with Gasteiger partial charge in [-0.25, -0.2) is 4.79 Å². The molecule has 0 bridgehead atoms. The fourth-order valence-electron chi connectivity index (χ4n) is 3.16. The minimum absolute atomic E-state index is 0.181. The number of nitrogens with zero attached hydrogens (tertiary/aromatic N) is 2. The molecule has 27 heavy (non-hydrogen) atoms. The van der Waals surface area contributed by atoms with Crippen LogP contribution in [0, 0.1) is 13.8 Å². The number of ether oxygens (including phenoxy) is 3. The molecule has 6 nitrogen and oxygen atoms in total. The Bertz CT molecular complexity index is 784. The molecule has 0 spiro atoms. The molecule has 0 unspecified atom stereocenters. The summed E-state index contributed by atoms with van der Waals surface area (Å²) in [7, 11) is 0. The summed E-state index contributed by atoms with van der Waals surface area (Å²) in [5.74, 6) is -0.386. The van der Waals surface area contributed by atoms with Gasteiger partial charge in [0.25, 0.3) is 0 Å². The molecule has 0 radical (unpaired) electrons. The van der Waals surface area contributed by atoms with Crippen molar-refractivity contribution in [3.63, 3.8) is 0 Å². The van der Waals surface area contributed by atoms with Crippen LogP contribution in [-0.4, -0.2) is 41.9 Å². The topological polar surface area (TPSA) is 62.6 Å². The lowest BCUT2D eigenvalue weighted by Gasteiger charge is -2.22. The molecule has 1 atom stereocenters. The molecule has 1 aromatic heterocycles. The van der Waals surface area contributed by atoms with E-state index in [-0.39, 0.29) is 18.9 Å². The van der Waals surface area contributed by atoms with Crippen molar-refractivity contribution in [1.29, 1.82) is 0 Å². The number of hydrogen-bond donors (Lipinski definition) is 0. The van der Waals surface area contributed by atoms with Gasteiger partial charge < -0.3 is 14.2 Å². The minimum Gasteiger partial charge on any atom is -0.460 e. The van der Waals surface area contributed by atoms with Gasteiger partial charge in [-0.2, -0.15) is 5.10 Å². The maximum atomic E-state index is 12.5. The van der Waals surface area contributed by atoms with Crippen LogP contribution in [0.25, 0.3) is 0 Å². The standard InChI is InChI=1S/C20H25ClN2O4/c1-14-19(20(24)27-12-11-26-18-9-5-6-10-25-18)15(2)23(22-14)13-16-7-3-4-8-17(16)21/h3-4,7-8,18H,5-6,9-13H2,1-2H3/t18-/m0/s1. The smallest absolute Gasteiger partial charge is 0.341 e. The number of esters is 1. The van der Waals surface area contributed by atoms with Crippen molar-refractivity contribution in [2.45, 2.75) is 45.9 Å². The Morgan fingerprint density at radius 2 is 2.11 bits per heavy atom. The molecule has 2 aromatic rings. The van der Waals surface area contributed by atoms with Gasteiger partial charge in [-0.05, 0) is 44.7 Å². The molecular weight excluding hydrogens is 368 g/mol. The highest BCUT2D eigenvalue weighted by Crippen LogP contribution is 2.20. The van der Waals surface area contributed by atoms with E-state index in [0.717, 1.165) is 37.1 Å². The molecule has 0 aliphatic carbocycles. The van der Waals surface area contributed by atoms with Gasteiger partial charge in [0.2, 0.25) is 0 Å². The van der Waals surface area contributed by atoms with Crippen LogP contribution in [0.2, 0.25) is 5.02 Å². The summed E-state index contributed by atoms with van der Waals surface area (Å²) < 4.78 is 18.2. The molecule has 1 aliphatic rings. The van der Waals surface area contributed by atoms with Crippen LogP contribution >= 0.6 is 11.6 Å². The van der Waals surface area contributed by atoms with Crippen molar-refractivity contribution in [2.24, 2.45) is 0 Å². The molecule has 0 amide bonds. The number of halogens is 1. The SMILES string of the molecule is Cc1nn(Cc2ccccc2Cl)c(C)c1C(=O)OCCO[C@H]1CCCCO1. The van der Waals surface area contributed by atoms with Gasteiger partial charge in [-0.1, -0.05) is 29.8 Å². The maximum Gasteiger partial charge on any atom is 0.341 e. The molecule has 1 fully saturated rings. The average molecular weight is 393 g/mol. The summed E-state index contributed by atoms with van der Waals surface area (Å²) in [5.41, 5.74) is 2.84. The second kappa shape index (κ2) is 9.35. The van der Waals surface area contributed by atoms with E-state index in [2.05, 4.69) is 5.10 Å². The molecule has 2 heterocycles. The summed E-state index contributed by atoms with van der Waals surface area (Å²) in [6, 6.07) is 7.60. The van der Waals surface area contributed by atoms with E-state index < -0.39 is 0 Å². The number of rotatable bonds is 7. The molecule has 146 valence electrons. The van der Waals surface area contributed by atoms with Gasteiger partial charge in [-0.15, -0.1) is 0 Å². The third-order valence-corrected chi connectivity index (χ3v) is 4.99. The van der Waals surface area contributed by atoms with Gasteiger partial charge in [0, 0.05) is 11.6 Å². The number of carbonyl (C=O) groups excluding carboxylic acids is 1. The van der Waals surface area contributed by atoms with Crippen LogP contribution in [0.3, 0.4) is 0 Å². The van der Waals surface area contributed by atoms with E-state index in [4.69, 9.17) is 25.8 Å². The van der Waals surface area contributed by atoms with Crippen LogP contribution in [0.1, 0.15) is 46.6 Å². The highest BCUT2D eigenvalue weighted by molar-refractivity contribution is 6.31. The van der Waals surface area contributed by atoms with E-state index in [0.29, 0.717) is 29.4 Å². The van der Waals surface area contributed by atoms with E-state index >= 15 is 0 Å². The largest absolute Gasteiger partial charge is 0.460 e. The van der Waals surface area contributed by atoms with Crippen LogP contribution in [-0.2, 0) is 20.8 Å². The summed E-state index contributed by atoms with van der Waals surface area (Å²) in [6.07, 6.45) is 2.89. The van der Waals surface area contributed by atoms with E-state index in [9.17, 15) is 4.79 Å². The predicted octanol–water partition coefficient (Wildman–Crippen LogP) is 3.90. The van der Waals surface area contributed by atoms with Crippen molar-refractivity contribution >= 4 is 17.6 Å². The first-order valence-corrected chi connectivity index (χ1v) is 9.62. The highest BCUT2D eigenvalue weighted by Gasteiger charge is 2.21. The Kier molecular flexibility index (Phi) is 6.88. The van der Waals surface area contributed by atoms with Gasteiger partial charge in [0.1, 0.15) is 12.2 Å². The molecular formula is C20H25ClN2O4. The average Bonchev–Trinajstić information content (AvgIpc) is 2.95. The first-order chi connectivity index (χ1) is 13.1. The Balaban J connectivity index is 1.56. The van der Waals surface area contributed by atoms with Crippen molar-refractivity contribution < 1.29 is 19.0 Å². The van der Waals surface area contributed by atoms with Crippen LogP contribution in [0.4, 0.5) is 0 Å². The minimum atomic E-state index is -0.386. The van der Waals surface area contributed by atoms with Gasteiger partial charge in [-0.3, -0.25) is 4.68 Å².